The molecule has 0 aliphatic heterocycles. The number of hydrogen-bond acceptors (Lipinski definition) is 4. The van der Waals surface area contributed by atoms with E-state index in [1.807, 2.05) is 0 Å². The van der Waals surface area contributed by atoms with Gasteiger partial charge in [-0.2, -0.15) is 10.4 Å². The number of nitrogens with one attached hydrogen (secondary N) is 2. The van der Waals surface area contributed by atoms with E-state index >= 15 is 0 Å². The van der Waals surface area contributed by atoms with Crippen molar-refractivity contribution in [2.24, 2.45) is 16.6 Å². The van der Waals surface area contributed by atoms with E-state index in [0.717, 1.165) is 24.5 Å². The molecule has 0 saturated heterocycles. The lowest BCUT2D eigenvalue weighted by molar-refractivity contribution is 0.493. The monoisotopic (exact) mass is 447 g/mol. The van der Waals surface area contributed by atoms with E-state index in [0.29, 0.717) is 30.5 Å². The van der Waals surface area contributed by atoms with Crippen LogP contribution in [-0.4, -0.2) is 28.7 Å². The van der Waals surface area contributed by atoms with Crippen LogP contribution in [0.4, 0.5) is 5.82 Å². The topological polar surface area (TPSA) is 129 Å². The van der Waals surface area contributed by atoms with Gasteiger partial charge in [0.05, 0.1) is 5.69 Å². The third-order valence-corrected chi connectivity index (χ3v) is 3.66. The van der Waals surface area contributed by atoms with Crippen molar-refractivity contribution in [3.8, 4) is 6.07 Å². The second-order valence-electron chi connectivity index (χ2n) is 6.31. The molecule has 0 radical (unpaired) electrons. The Kier molecular flexibility index (Phi) is 11.2. The molecule has 0 aliphatic carbocycles. The van der Waals surface area contributed by atoms with Crippen LogP contribution in [0.1, 0.15) is 57.7 Å². The Hall–Kier alpha value is -1.50. The number of guanidine groups is 1. The van der Waals surface area contributed by atoms with Crippen molar-refractivity contribution in [3.63, 3.8) is 0 Å². The molecule has 0 aromatic carbocycles. The molecule has 0 amide bonds. The van der Waals surface area contributed by atoms with Gasteiger partial charge < -0.3 is 16.8 Å². The number of nitrogen functional groups attached to an aromatic ring is 1. The number of nitriles is 1. The number of nitrogens with two attached hydrogens (primary N) is 2. The van der Waals surface area contributed by atoms with Gasteiger partial charge in [0, 0.05) is 12.6 Å². The van der Waals surface area contributed by atoms with Gasteiger partial charge in [-0.3, -0.25) is 10.1 Å². The minimum Gasteiger partial charge on any atom is -0.381 e. The Balaban J connectivity index is 0.00000529. The number of aryl methyl sites for hydroxylation is 1. The minimum absolute atomic E-state index is 0. The zero-order valence-electron chi connectivity index (χ0n) is 14.8. The molecule has 1 atom stereocenters. The third kappa shape index (κ3) is 8.38. The quantitative estimate of drug-likeness (QED) is 0.200. The maximum Gasteiger partial charge on any atom is 0.188 e. The van der Waals surface area contributed by atoms with Crippen molar-refractivity contribution in [1.29, 1.82) is 5.26 Å². The first-order valence-corrected chi connectivity index (χ1v) is 8.23. The zero-order chi connectivity index (χ0) is 17.2. The lowest BCUT2D eigenvalue weighted by atomic mass is 10.0. The van der Waals surface area contributed by atoms with Crippen LogP contribution in [0.3, 0.4) is 0 Å². The molecule has 0 bridgehead atoms. The van der Waals surface area contributed by atoms with E-state index < -0.39 is 0 Å². The molecule has 6 N–H and O–H groups in total. The molecule has 0 aliphatic rings. The van der Waals surface area contributed by atoms with Crippen molar-refractivity contribution in [2.45, 2.75) is 58.9 Å². The SMILES string of the molecule is CC(C)CCCC(C)NC(N)=NCCCc1[nH]nc(N)c1C#N.I. The summed E-state index contributed by atoms with van der Waals surface area (Å²) >= 11 is 0. The smallest absolute Gasteiger partial charge is 0.188 e. The van der Waals surface area contributed by atoms with Crippen LogP contribution in [0.25, 0.3) is 0 Å². The normalized spacial score (nSPS) is 12.5. The molecule has 0 spiro atoms. The highest BCUT2D eigenvalue weighted by molar-refractivity contribution is 14.0. The largest absolute Gasteiger partial charge is 0.381 e. The summed E-state index contributed by atoms with van der Waals surface area (Å²) in [7, 11) is 0. The van der Waals surface area contributed by atoms with E-state index in [2.05, 4.69) is 47.3 Å². The van der Waals surface area contributed by atoms with Gasteiger partial charge in [0.1, 0.15) is 11.6 Å². The van der Waals surface area contributed by atoms with E-state index in [1.165, 1.54) is 12.8 Å². The van der Waals surface area contributed by atoms with E-state index in [1.54, 1.807) is 0 Å². The number of hydrogen-bond donors (Lipinski definition) is 4. The fraction of sp³-hybridized carbons (Fsp3) is 0.688. The van der Waals surface area contributed by atoms with Crippen LogP contribution >= 0.6 is 24.0 Å². The third-order valence-electron chi connectivity index (χ3n) is 3.66. The predicted molar refractivity (Wildman–Crippen MR) is 109 cm³/mol. The van der Waals surface area contributed by atoms with Crippen molar-refractivity contribution in [1.82, 2.24) is 15.5 Å². The van der Waals surface area contributed by atoms with Crippen LogP contribution in [0, 0.1) is 17.2 Å². The standard InChI is InChI=1S/C16H29N7.HI/c1-11(2)6-4-7-12(3)21-16(19)20-9-5-8-14-13(10-17)15(18)23-22-14;/h11-12H,4-9H2,1-3H3,(H3,18,22,23)(H3,19,20,21);1H. The highest BCUT2D eigenvalue weighted by Gasteiger charge is 2.09. The number of aromatic amines is 1. The molecule has 1 rings (SSSR count). The van der Waals surface area contributed by atoms with Gasteiger partial charge in [-0.15, -0.1) is 24.0 Å². The lowest BCUT2D eigenvalue weighted by Crippen LogP contribution is -2.38. The molecule has 1 aromatic rings. The first-order valence-electron chi connectivity index (χ1n) is 8.23. The summed E-state index contributed by atoms with van der Waals surface area (Å²) in [4.78, 5) is 4.32. The summed E-state index contributed by atoms with van der Waals surface area (Å²) in [5.74, 6) is 1.47. The number of H-pyrrole nitrogens is 1. The lowest BCUT2D eigenvalue weighted by Gasteiger charge is -2.15. The molecule has 24 heavy (non-hydrogen) atoms. The fourth-order valence-electron chi connectivity index (χ4n) is 2.36. The van der Waals surface area contributed by atoms with Gasteiger partial charge >= 0.3 is 0 Å². The summed E-state index contributed by atoms with van der Waals surface area (Å²) in [6, 6.07) is 2.38. The summed E-state index contributed by atoms with van der Waals surface area (Å²) in [5, 5.41) is 18.8. The molecule has 1 unspecified atom stereocenters. The average molecular weight is 447 g/mol. The molecule has 8 heteroatoms. The number of rotatable bonds is 9. The fourth-order valence-corrected chi connectivity index (χ4v) is 2.36. The maximum absolute atomic E-state index is 8.99. The van der Waals surface area contributed by atoms with Crippen LogP contribution < -0.4 is 16.8 Å². The number of nitrogens with zero attached hydrogens (tertiary/aromatic N) is 3. The first-order chi connectivity index (χ1) is 10.9. The van der Waals surface area contributed by atoms with E-state index in [4.69, 9.17) is 16.7 Å². The van der Waals surface area contributed by atoms with Gasteiger partial charge in [0.2, 0.25) is 0 Å². The summed E-state index contributed by atoms with van der Waals surface area (Å²) in [6.07, 6.45) is 4.97. The molecular formula is C16H30IN7. The Morgan fingerprint density at radius 1 is 1.33 bits per heavy atom. The van der Waals surface area contributed by atoms with Gasteiger partial charge in [-0.25, -0.2) is 0 Å². The predicted octanol–water partition coefficient (Wildman–Crippen LogP) is 2.53. The number of halogens is 1. The minimum atomic E-state index is 0. The highest BCUT2D eigenvalue weighted by Crippen LogP contribution is 2.13. The average Bonchev–Trinajstić information content (AvgIpc) is 2.83. The van der Waals surface area contributed by atoms with Crippen LogP contribution in [0.15, 0.2) is 4.99 Å². The Morgan fingerprint density at radius 2 is 2.04 bits per heavy atom. The van der Waals surface area contributed by atoms with Crippen LogP contribution in [0.2, 0.25) is 0 Å². The molecular weight excluding hydrogens is 417 g/mol. The Morgan fingerprint density at radius 3 is 2.67 bits per heavy atom. The number of aromatic nitrogens is 2. The molecule has 1 heterocycles. The first kappa shape index (κ1) is 22.5. The van der Waals surface area contributed by atoms with Crippen molar-refractivity contribution < 1.29 is 0 Å². The maximum atomic E-state index is 8.99. The molecule has 0 fully saturated rings. The van der Waals surface area contributed by atoms with Crippen LogP contribution in [0.5, 0.6) is 0 Å². The van der Waals surface area contributed by atoms with E-state index in [9.17, 15) is 0 Å². The van der Waals surface area contributed by atoms with Crippen molar-refractivity contribution >= 4 is 35.8 Å². The van der Waals surface area contributed by atoms with Crippen LogP contribution in [-0.2, 0) is 6.42 Å². The van der Waals surface area contributed by atoms with Crippen molar-refractivity contribution in [2.75, 3.05) is 12.3 Å². The van der Waals surface area contributed by atoms with Gasteiger partial charge in [0.25, 0.3) is 0 Å². The van der Waals surface area contributed by atoms with Gasteiger partial charge in [0.15, 0.2) is 11.8 Å². The van der Waals surface area contributed by atoms with Gasteiger partial charge in [-0.1, -0.05) is 26.7 Å². The number of aliphatic imine (C=N–C) groups is 1. The summed E-state index contributed by atoms with van der Waals surface area (Å²) < 4.78 is 0. The Labute approximate surface area is 161 Å². The zero-order valence-corrected chi connectivity index (χ0v) is 17.1. The van der Waals surface area contributed by atoms with Gasteiger partial charge in [-0.05, 0) is 32.1 Å². The van der Waals surface area contributed by atoms with Crippen molar-refractivity contribution in [3.05, 3.63) is 11.3 Å². The number of anilines is 1. The van der Waals surface area contributed by atoms with E-state index in [-0.39, 0.29) is 29.8 Å². The molecule has 1 aromatic heterocycles. The summed E-state index contributed by atoms with van der Waals surface area (Å²) in [5.41, 5.74) is 12.7. The second-order valence-corrected chi connectivity index (χ2v) is 6.31. The molecule has 7 nitrogen and oxygen atoms in total. The Bertz CT molecular complexity index is 545. The highest BCUT2D eigenvalue weighted by atomic mass is 127. The molecule has 0 saturated carbocycles. The second kappa shape index (κ2) is 11.9. The molecule has 136 valence electrons. The summed E-state index contributed by atoms with van der Waals surface area (Å²) in [6.45, 7) is 7.19.